The molecule has 6 rings (SSSR count). The first-order chi connectivity index (χ1) is 25.5. The Labute approximate surface area is 303 Å². The van der Waals surface area contributed by atoms with E-state index in [0.717, 1.165) is 24.3 Å². The number of phenols is 3. The van der Waals surface area contributed by atoms with E-state index in [1.807, 2.05) is 0 Å². The summed E-state index contributed by atoms with van der Waals surface area (Å²) >= 11 is 0. The summed E-state index contributed by atoms with van der Waals surface area (Å²) in [6, 6.07) is 5.11. The summed E-state index contributed by atoms with van der Waals surface area (Å²) in [4.78, 5) is 13.3. The van der Waals surface area contributed by atoms with E-state index < -0.39 is 150 Å². The Morgan fingerprint density at radius 1 is 0.630 bits per heavy atom. The highest BCUT2D eigenvalue weighted by atomic mass is 16.7. The fraction of sp³-hybridized carbons (Fsp3) is 0.545. The highest BCUT2D eigenvalue weighted by Crippen LogP contribution is 2.43. The number of phenolic OH excluding ortho intramolecular Hbond substituents is 3. The van der Waals surface area contributed by atoms with Crippen LogP contribution >= 0.6 is 0 Å². The van der Waals surface area contributed by atoms with E-state index in [1.54, 1.807) is 0 Å². The number of rotatable bonds is 9. The van der Waals surface area contributed by atoms with Gasteiger partial charge in [-0.05, 0) is 25.1 Å². The number of hydrogen-bond donors (Lipinski definition) is 13. The van der Waals surface area contributed by atoms with Crippen LogP contribution in [0.3, 0.4) is 0 Å². The Balaban J connectivity index is 1.26. The number of ether oxygens (including phenoxy) is 6. The topological polar surface area (TPSA) is 349 Å². The van der Waals surface area contributed by atoms with Gasteiger partial charge in [0.1, 0.15) is 84.0 Å². The molecule has 54 heavy (non-hydrogen) atoms. The number of aliphatic hydroxyl groups is 10. The van der Waals surface area contributed by atoms with Gasteiger partial charge in [0.2, 0.25) is 18.3 Å². The molecule has 3 fully saturated rings. The molecule has 0 radical (unpaired) electrons. The van der Waals surface area contributed by atoms with Crippen molar-refractivity contribution in [1.29, 1.82) is 0 Å². The van der Waals surface area contributed by atoms with E-state index in [9.17, 15) is 71.2 Å². The molecule has 298 valence electrons. The van der Waals surface area contributed by atoms with Crippen LogP contribution in [0.4, 0.5) is 0 Å². The van der Waals surface area contributed by atoms with Crippen LogP contribution in [-0.2, 0) is 18.9 Å². The average molecular weight is 773 g/mol. The lowest BCUT2D eigenvalue weighted by atomic mass is 9.98. The molecule has 1 aromatic heterocycles. The quantitative estimate of drug-likeness (QED) is 0.0980. The number of hydrogen-bond acceptors (Lipinski definition) is 21. The van der Waals surface area contributed by atoms with Crippen LogP contribution in [0.25, 0.3) is 22.3 Å². The van der Waals surface area contributed by atoms with Gasteiger partial charge < -0.3 is 99.2 Å². The van der Waals surface area contributed by atoms with Crippen molar-refractivity contribution >= 4 is 11.0 Å². The summed E-state index contributed by atoms with van der Waals surface area (Å²) in [6.45, 7) is 0.0220. The fourth-order valence-corrected chi connectivity index (χ4v) is 6.20. The van der Waals surface area contributed by atoms with Crippen molar-refractivity contribution in [3.05, 3.63) is 40.6 Å². The Hall–Kier alpha value is -3.91. The number of aliphatic hydroxyl groups excluding tert-OH is 10. The zero-order valence-corrected chi connectivity index (χ0v) is 28.0. The predicted molar refractivity (Wildman–Crippen MR) is 173 cm³/mol. The number of benzene rings is 2. The standard InChI is InChI=1S/C33H40O21/c1-9-20(39)23(42)26(45)31(49-9)48-8-18-22(41)25(44)27(46)32(53-18)51-16-4-10(2-3-11(16)35)15-6-13(37)19-12(36)5-14(38)29(30(19)50-15)54-33-28(47)24(43)21(40)17(7-34)52-33/h2-6,9,17-18,20-28,31-36,38-47H,7-8H2,1H3. The van der Waals surface area contributed by atoms with E-state index >= 15 is 0 Å². The molecule has 3 saturated heterocycles. The molecule has 3 aliphatic rings. The molecule has 2 aromatic carbocycles. The molecule has 0 bridgehead atoms. The highest BCUT2D eigenvalue weighted by Gasteiger charge is 2.48. The van der Waals surface area contributed by atoms with Gasteiger partial charge in [-0.2, -0.15) is 0 Å². The molecule has 21 nitrogen and oxygen atoms in total. The maximum atomic E-state index is 13.3. The van der Waals surface area contributed by atoms with Crippen LogP contribution in [0.15, 0.2) is 39.5 Å². The molecule has 0 aliphatic carbocycles. The van der Waals surface area contributed by atoms with Crippen molar-refractivity contribution in [3.8, 4) is 40.1 Å². The average Bonchev–Trinajstić information content (AvgIpc) is 3.14. The van der Waals surface area contributed by atoms with Gasteiger partial charge in [-0.25, -0.2) is 0 Å². The fourth-order valence-electron chi connectivity index (χ4n) is 6.20. The largest absolute Gasteiger partial charge is 0.507 e. The molecular weight excluding hydrogens is 732 g/mol. The van der Waals surface area contributed by atoms with Crippen LogP contribution in [0.1, 0.15) is 6.92 Å². The Morgan fingerprint density at radius 3 is 1.89 bits per heavy atom. The molecule has 21 heteroatoms. The van der Waals surface area contributed by atoms with Gasteiger partial charge in [0.05, 0.1) is 19.3 Å². The number of aromatic hydroxyl groups is 3. The minimum atomic E-state index is -1.93. The van der Waals surface area contributed by atoms with E-state index in [0.29, 0.717) is 0 Å². The maximum Gasteiger partial charge on any atom is 0.229 e. The van der Waals surface area contributed by atoms with E-state index in [2.05, 4.69) is 0 Å². The summed E-state index contributed by atoms with van der Waals surface area (Å²) in [5.41, 5.74) is -1.48. The van der Waals surface area contributed by atoms with Crippen molar-refractivity contribution in [2.75, 3.05) is 13.2 Å². The third kappa shape index (κ3) is 7.39. The highest BCUT2D eigenvalue weighted by molar-refractivity contribution is 5.91. The smallest absolute Gasteiger partial charge is 0.229 e. The van der Waals surface area contributed by atoms with Crippen molar-refractivity contribution in [3.63, 3.8) is 0 Å². The summed E-state index contributed by atoms with van der Waals surface area (Å²) < 4.78 is 38.9. The van der Waals surface area contributed by atoms with E-state index in [4.69, 9.17) is 32.8 Å². The van der Waals surface area contributed by atoms with Gasteiger partial charge in [-0.3, -0.25) is 4.79 Å². The van der Waals surface area contributed by atoms with Crippen LogP contribution in [0.2, 0.25) is 0 Å². The van der Waals surface area contributed by atoms with Crippen LogP contribution < -0.4 is 14.9 Å². The van der Waals surface area contributed by atoms with Crippen LogP contribution in [-0.4, -0.2) is 172 Å². The first-order valence-electron chi connectivity index (χ1n) is 16.5. The van der Waals surface area contributed by atoms with E-state index in [1.165, 1.54) is 13.0 Å². The Bertz CT molecular complexity index is 1850. The molecule has 4 heterocycles. The lowest BCUT2D eigenvalue weighted by Crippen LogP contribution is -2.61. The van der Waals surface area contributed by atoms with Crippen molar-refractivity contribution in [2.24, 2.45) is 0 Å². The van der Waals surface area contributed by atoms with Crippen molar-refractivity contribution < 1.29 is 99.2 Å². The summed E-state index contributed by atoms with van der Waals surface area (Å²) in [5, 5.41) is 134. The van der Waals surface area contributed by atoms with Gasteiger partial charge in [0, 0.05) is 17.7 Å². The molecular formula is C33H40O21. The minimum Gasteiger partial charge on any atom is -0.507 e. The van der Waals surface area contributed by atoms with Gasteiger partial charge in [0.15, 0.2) is 34.6 Å². The van der Waals surface area contributed by atoms with E-state index in [-0.39, 0.29) is 11.3 Å². The molecule has 3 aliphatic heterocycles. The van der Waals surface area contributed by atoms with Crippen molar-refractivity contribution in [2.45, 2.75) is 99.0 Å². The Kier molecular flexibility index (Phi) is 11.5. The molecule has 0 amide bonds. The third-order valence-electron chi connectivity index (χ3n) is 9.39. The van der Waals surface area contributed by atoms with Crippen LogP contribution in [0, 0.1) is 0 Å². The lowest BCUT2D eigenvalue weighted by Gasteiger charge is -2.42. The molecule has 15 unspecified atom stereocenters. The normalized spacial score (nSPS) is 37.3. The van der Waals surface area contributed by atoms with Gasteiger partial charge in [-0.15, -0.1) is 0 Å². The first kappa shape index (κ1) is 39.8. The molecule has 13 N–H and O–H groups in total. The van der Waals surface area contributed by atoms with Crippen molar-refractivity contribution in [1.82, 2.24) is 0 Å². The zero-order valence-electron chi connectivity index (χ0n) is 28.0. The SMILES string of the molecule is CC1OC(OCC2OC(Oc3cc(-c4cc(=O)c5c(O)cc(O)c(OC6OC(CO)C(O)C(O)C6O)c5o4)ccc3O)C(O)C(O)C2O)C(O)C(O)C1O. The van der Waals surface area contributed by atoms with Gasteiger partial charge in [0.25, 0.3) is 0 Å². The molecule has 0 saturated carbocycles. The zero-order chi connectivity index (χ0) is 39.3. The summed E-state index contributed by atoms with van der Waals surface area (Å²) in [7, 11) is 0. The summed E-state index contributed by atoms with van der Waals surface area (Å²) in [6.07, 6.45) is -24.8. The van der Waals surface area contributed by atoms with Gasteiger partial charge in [-0.1, -0.05) is 0 Å². The lowest BCUT2D eigenvalue weighted by molar-refractivity contribution is -0.318. The second kappa shape index (κ2) is 15.7. The number of fused-ring (bicyclic) bond motifs is 1. The molecule has 3 aromatic rings. The maximum absolute atomic E-state index is 13.3. The second-order valence-electron chi connectivity index (χ2n) is 13.1. The minimum absolute atomic E-state index is 0.00696. The third-order valence-corrected chi connectivity index (χ3v) is 9.39. The first-order valence-corrected chi connectivity index (χ1v) is 16.5. The predicted octanol–water partition coefficient (Wildman–Crippen LogP) is -4.21. The molecule has 0 spiro atoms. The monoisotopic (exact) mass is 772 g/mol. The second-order valence-corrected chi connectivity index (χ2v) is 13.1. The van der Waals surface area contributed by atoms with Crippen LogP contribution in [0.5, 0.6) is 28.7 Å². The Morgan fingerprint density at radius 2 is 1.22 bits per heavy atom. The molecule has 15 atom stereocenters. The summed E-state index contributed by atoms with van der Waals surface area (Å²) in [5.74, 6) is -3.48. The van der Waals surface area contributed by atoms with Gasteiger partial charge >= 0.3 is 0 Å².